The third-order valence-electron chi connectivity index (χ3n) is 2.29. The summed E-state index contributed by atoms with van der Waals surface area (Å²) < 4.78 is 0. The Kier molecular flexibility index (Phi) is 1.73. The maximum absolute atomic E-state index is 11.4. The quantitative estimate of drug-likeness (QED) is 0.442. The molecule has 2 N–H and O–H groups in total. The summed E-state index contributed by atoms with van der Waals surface area (Å²) in [5.74, 6) is -5.24. The van der Waals surface area contributed by atoms with Crippen LogP contribution in [0, 0.1) is 11.3 Å². The first-order valence-corrected chi connectivity index (χ1v) is 4.07. The van der Waals surface area contributed by atoms with Crippen molar-refractivity contribution in [2.75, 3.05) is 0 Å². The van der Waals surface area contributed by atoms with Gasteiger partial charge in [-0.05, 0) is 6.07 Å². The molecule has 0 saturated heterocycles. The van der Waals surface area contributed by atoms with Crippen LogP contribution in [0.25, 0.3) is 0 Å². The molecule has 74 valence electrons. The summed E-state index contributed by atoms with van der Waals surface area (Å²) >= 11 is 0. The minimum Gasteiger partial charge on any atom is -0.353 e. The van der Waals surface area contributed by atoms with E-state index in [0.29, 0.717) is 0 Å². The number of nitriles is 1. The van der Waals surface area contributed by atoms with Crippen molar-refractivity contribution in [1.29, 1.82) is 5.26 Å². The summed E-state index contributed by atoms with van der Waals surface area (Å²) in [6, 6.07) is 5.75. The standard InChI is InChI=1S/C10H5NO4/c11-4-5-2-1-3-6-7(5)9(13)10(14,15)8(6)12/h1-3,14-15H. The number of carbonyl (C=O) groups excluding carboxylic acids is 2. The molecule has 0 spiro atoms. The minimum atomic E-state index is -3.02. The number of carbonyl (C=O) groups is 2. The van der Waals surface area contributed by atoms with Gasteiger partial charge in [0, 0.05) is 5.56 Å². The molecule has 0 heterocycles. The summed E-state index contributed by atoms with van der Waals surface area (Å²) in [6.07, 6.45) is 0. The average Bonchev–Trinajstić information content (AvgIpc) is 2.41. The molecule has 0 bridgehead atoms. The summed E-state index contributed by atoms with van der Waals surface area (Å²) in [5.41, 5.74) is -0.366. The summed E-state index contributed by atoms with van der Waals surface area (Å²) in [7, 11) is 0. The second kappa shape index (κ2) is 2.73. The Hall–Kier alpha value is -2.03. The van der Waals surface area contributed by atoms with Crippen molar-refractivity contribution in [3.63, 3.8) is 0 Å². The van der Waals surface area contributed by atoms with Gasteiger partial charge in [-0.1, -0.05) is 12.1 Å². The second-order valence-corrected chi connectivity index (χ2v) is 3.17. The minimum absolute atomic E-state index is 0.0316. The van der Waals surface area contributed by atoms with Gasteiger partial charge in [0.05, 0.1) is 17.2 Å². The first-order valence-electron chi connectivity index (χ1n) is 4.07. The third kappa shape index (κ3) is 1.03. The molecule has 0 fully saturated rings. The number of aliphatic hydroxyl groups is 2. The van der Waals surface area contributed by atoms with Gasteiger partial charge in [-0.15, -0.1) is 0 Å². The first-order chi connectivity index (χ1) is 7.00. The molecule has 1 aliphatic carbocycles. The summed E-state index contributed by atoms with van der Waals surface area (Å²) in [4.78, 5) is 22.8. The van der Waals surface area contributed by atoms with Gasteiger partial charge in [0.25, 0.3) is 5.79 Å². The molecule has 2 rings (SSSR count). The molecule has 1 aromatic rings. The van der Waals surface area contributed by atoms with Crippen LogP contribution in [0.5, 0.6) is 0 Å². The van der Waals surface area contributed by atoms with Gasteiger partial charge in [-0.3, -0.25) is 9.59 Å². The van der Waals surface area contributed by atoms with E-state index < -0.39 is 17.4 Å². The first kappa shape index (κ1) is 9.52. The molecule has 1 aliphatic rings. The topological polar surface area (TPSA) is 98.4 Å². The molecule has 0 atom stereocenters. The Morgan fingerprint density at radius 2 is 1.87 bits per heavy atom. The molecule has 0 amide bonds. The second-order valence-electron chi connectivity index (χ2n) is 3.17. The van der Waals surface area contributed by atoms with Crippen molar-refractivity contribution in [2.24, 2.45) is 0 Å². The van der Waals surface area contributed by atoms with Crippen LogP contribution in [0.4, 0.5) is 0 Å². The number of ketones is 2. The Bertz CT molecular complexity index is 525. The van der Waals surface area contributed by atoms with Gasteiger partial charge in [-0.2, -0.15) is 5.26 Å². The Labute approximate surface area is 84.2 Å². The summed E-state index contributed by atoms with van der Waals surface area (Å²) in [6.45, 7) is 0. The SMILES string of the molecule is N#Cc1cccc2c1C(=O)C(O)(O)C2=O. The highest BCUT2D eigenvalue weighted by Crippen LogP contribution is 2.30. The summed E-state index contributed by atoms with van der Waals surface area (Å²) in [5, 5.41) is 27.1. The zero-order valence-corrected chi connectivity index (χ0v) is 7.39. The van der Waals surface area contributed by atoms with E-state index in [1.807, 2.05) is 0 Å². The largest absolute Gasteiger partial charge is 0.353 e. The van der Waals surface area contributed by atoms with Gasteiger partial charge in [0.1, 0.15) is 0 Å². The van der Waals surface area contributed by atoms with Gasteiger partial charge in [0.2, 0.25) is 11.6 Å². The third-order valence-corrected chi connectivity index (χ3v) is 2.29. The van der Waals surface area contributed by atoms with Gasteiger partial charge >= 0.3 is 0 Å². The van der Waals surface area contributed by atoms with Gasteiger partial charge < -0.3 is 10.2 Å². The van der Waals surface area contributed by atoms with Crippen molar-refractivity contribution in [1.82, 2.24) is 0 Å². The molecular weight excluding hydrogens is 198 g/mol. The van der Waals surface area contributed by atoms with Crippen LogP contribution in [0.2, 0.25) is 0 Å². The fourth-order valence-electron chi connectivity index (χ4n) is 1.54. The van der Waals surface area contributed by atoms with Crippen molar-refractivity contribution in [3.05, 3.63) is 34.9 Å². The van der Waals surface area contributed by atoms with E-state index in [1.54, 1.807) is 6.07 Å². The fraction of sp³-hybridized carbons (Fsp3) is 0.100. The predicted octanol–water partition coefficient (Wildman–Crippen LogP) is -0.382. The molecular formula is C10H5NO4. The van der Waals surface area contributed by atoms with Gasteiger partial charge in [0.15, 0.2) is 0 Å². The van der Waals surface area contributed by atoms with E-state index in [2.05, 4.69) is 0 Å². The normalized spacial score (nSPS) is 17.4. The molecule has 5 nitrogen and oxygen atoms in total. The lowest BCUT2D eigenvalue weighted by molar-refractivity contribution is -0.0857. The van der Waals surface area contributed by atoms with Gasteiger partial charge in [-0.25, -0.2) is 0 Å². The van der Waals surface area contributed by atoms with E-state index in [-0.39, 0.29) is 16.7 Å². The van der Waals surface area contributed by atoms with Crippen LogP contribution in [0.15, 0.2) is 18.2 Å². The Morgan fingerprint density at radius 3 is 2.47 bits per heavy atom. The molecule has 0 aliphatic heterocycles. The number of hydrogen-bond acceptors (Lipinski definition) is 5. The lowest BCUT2D eigenvalue weighted by atomic mass is 10.0. The number of rotatable bonds is 0. The van der Waals surface area contributed by atoms with Crippen molar-refractivity contribution < 1.29 is 19.8 Å². The van der Waals surface area contributed by atoms with Crippen molar-refractivity contribution in [3.8, 4) is 6.07 Å². The van der Waals surface area contributed by atoms with Crippen LogP contribution in [-0.4, -0.2) is 27.6 Å². The molecule has 0 radical (unpaired) electrons. The van der Waals surface area contributed by atoms with E-state index in [1.165, 1.54) is 18.2 Å². The Morgan fingerprint density at radius 1 is 1.20 bits per heavy atom. The lowest BCUT2D eigenvalue weighted by Crippen LogP contribution is -2.40. The molecule has 15 heavy (non-hydrogen) atoms. The molecule has 0 aromatic heterocycles. The number of nitrogens with zero attached hydrogens (tertiary/aromatic N) is 1. The maximum Gasteiger partial charge on any atom is 0.295 e. The van der Waals surface area contributed by atoms with Crippen LogP contribution in [0.3, 0.4) is 0 Å². The number of benzene rings is 1. The average molecular weight is 203 g/mol. The van der Waals surface area contributed by atoms with Crippen LogP contribution in [0.1, 0.15) is 26.3 Å². The van der Waals surface area contributed by atoms with Crippen molar-refractivity contribution in [2.45, 2.75) is 5.79 Å². The van der Waals surface area contributed by atoms with E-state index in [9.17, 15) is 19.8 Å². The fourth-order valence-corrected chi connectivity index (χ4v) is 1.54. The molecule has 0 saturated carbocycles. The maximum atomic E-state index is 11.4. The predicted molar refractivity (Wildman–Crippen MR) is 47.0 cm³/mol. The van der Waals surface area contributed by atoms with Crippen molar-refractivity contribution >= 4 is 11.6 Å². The number of Topliss-reactive ketones (excluding diaryl/α,β-unsaturated/α-hetero) is 2. The highest BCUT2D eigenvalue weighted by atomic mass is 16.5. The highest BCUT2D eigenvalue weighted by molar-refractivity contribution is 6.31. The lowest BCUT2D eigenvalue weighted by Gasteiger charge is -2.08. The molecule has 0 unspecified atom stereocenters. The Balaban J connectivity index is 2.80. The van der Waals surface area contributed by atoms with E-state index >= 15 is 0 Å². The smallest absolute Gasteiger partial charge is 0.295 e. The van der Waals surface area contributed by atoms with Crippen LogP contribution in [-0.2, 0) is 0 Å². The monoisotopic (exact) mass is 203 g/mol. The molecule has 1 aromatic carbocycles. The molecule has 5 heteroatoms. The van der Waals surface area contributed by atoms with Crippen LogP contribution < -0.4 is 0 Å². The van der Waals surface area contributed by atoms with E-state index in [0.717, 1.165) is 0 Å². The zero-order chi connectivity index (χ0) is 11.2. The number of fused-ring (bicyclic) bond motifs is 1. The highest BCUT2D eigenvalue weighted by Gasteiger charge is 2.51. The zero-order valence-electron chi connectivity index (χ0n) is 7.39. The van der Waals surface area contributed by atoms with E-state index in [4.69, 9.17) is 5.26 Å². The number of hydrogen-bond donors (Lipinski definition) is 2. The van der Waals surface area contributed by atoms with Crippen LogP contribution >= 0.6 is 0 Å².